The molecule has 1 heteroatoms. The molecule has 5 rings (SSSR count). The van der Waals surface area contributed by atoms with Gasteiger partial charge in [-0.05, 0) is 135 Å². The SMILES string of the molecule is C\C=C/C=C\C(=C\C(\C=C/CC)=C(\C)C/C=C\C(C)=C(C)C)CC(C)c1ccc(-c2ccc(N3/C=C(/CC)Cc4ccccc4-c4ccccc43)cc2)cc1. The molecule has 1 aliphatic rings. The third-order valence-corrected chi connectivity index (χ3v) is 10.7. The molecule has 1 atom stereocenters. The smallest absolute Gasteiger partial charge is 0.0533 e. The van der Waals surface area contributed by atoms with Gasteiger partial charge in [-0.2, -0.15) is 0 Å². The second-order valence-corrected chi connectivity index (χ2v) is 15.1. The number of fused-ring (bicyclic) bond motifs is 3. The molecule has 1 nitrogen and oxygen atoms in total. The Kier molecular flexibility index (Phi) is 15.1. The predicted octanol–water partition coefficient (Wildman–Crippen LogP) is 16.1. The van der Waals surface area contributed by atoms with Gasteiger partial charge in [-0.25, -0.2) is 0 Å². The van der Waals surface area contributed by atoms with Gasteiger partial charge in [0.15, 0.2) is 0 Å². The van der Waals surface area contributed by atoms with Gasteiger partial charge >= 0.3 is 0 Å². The van der Waals surface area contributed by atoms with Crippen LogP contribution in [0.25, 0.3) is 22.3 Å². The number of rotatable bonds is 14. The van der Waals surface area contributed by atoms with Crippen LogP contribution in [0, 0.1) is 0 Å². The van der Waals surface area contributed by atoms with Crippen LogP contribution in [-0.4, -0.2) is 0 Å². The average molecular weight is 724 g/mol. The van der Waals surface area contributed by atoms with Crippen molar-refractivity contribution in [1.29, 1.82) is 0 Å². The minimum Gasteiger partial charge on any atom is -0.317 e. The Bertz CT molecular complexity index is 2130. The predicted molar refractivity (Wildman–Crippen MR) is 243 cm³/mol. The highest BCUT2D eigenvalue weighted by molar-refractivity contribution is 5.86. The van der Waals surface area contributed by atoms with Gasteiger partial charge in [0.05, 0.1) is 5.69 Å². The van der Waals surface area contributed by atoms with Crippen molar-refractivity contribution in [3.63, 3.8) is 0 Å². The van der Waals surface area contributed by atoms with E-state index in [1.54, 1.807) is 0 Å². The first-order valence-corrected chi connectivity index (χ1v) is 20.3. The van der Waals surface area contributed by atoms with Crippen LogP contribution in [0.2, 0.25) is 0 Å². The van der Waals surface area contributed by atoms with Gasteiger partial charge in [0.25, 0.3) is 0 Å². The lowest BCUT2D eigenvalue weighted by molar-refractivity contribution is 0.762. The molecule has 0 fully saturated rings. The third kappa shape index (κ3) is 11.1. The molecule has 1 unspecified atom stereocenters. The number of allylic oxidation sites excluding steroid dienone is 15. The monoisotopic (exact) mass is 723 g/mol. The summed E-state index contributed by atoms with van der Waals surface area (Å²) >= 11 is 0. The molecule has 4 aromatic carbocycles. The van der Waals surface area contributed by atoms with Gasteiger partial charge in [-0.15, -0.1) is 0 Å². The molecule has 0 aliphatic carbocycles. The minimum absolute atomic E-state index is 0.367. The average Bonchev–Trinajstić information content (AvgIpc) is 3.20. The Morgan fingerprint density at radius 2 is 1.40 bits per heavy atom. The Morgan fingerprint density at radius 3 is 2.07 bits per heavy atom. The van der Waals surface area contributed by atoms with Gasteiger partial charge in [0.2, 0.25) is 0 Å². The maximum absolute atomic E-state index is 2.40. The van der Waals surface area contributed by atoms with Gasteiger partial charge in [-0.3, -0.25) is 0 Å². The Labute approximate surface area is 333 Å². The number of nitrogens with zero attached hydrogens (tertiary/aromatic N) is 1. The van der Waals surface area contributed by atoms with Crippen molar-refractivity contribution in [1.82, 2.24) is 0 Å². The summed E-state index contributed by atoms with van der Waals surface area (Å²) in [6.45, 7) is 17.7. The van der Waals surface area contributed by atoms with Crippen molar-refractivity contribution < 1.29 is 0 Å². The molecule has 0 saturated heterocycles. The number of anilines is 2. The highest BCUT2D eigenvalue weighted by Crippen LogP contribution is 2.40. The summed E-state index contributed by atoms with van der Waals surface area (Å²) < 4.78 is 0. The molecular weight excluding hydrogens is 663 g/mol. The Morgan fingerprint density at radius 1 is 0.727 bits per heavy atom. The van der Waals surface area contributed by atoms with E-state index in [9.17, 15) is 0 Å². The largest absolute Gasteiger partial charge is 0.317 e. The van der Waals surface area contributed by atoms with E-state index in [0.29, 0.717) is 5.92 Å². The van der Waals surface area contributed by atoms with Crippen LogP contribution < -0.4 is 4.90 Å². The fraction of sp³-hybridized carbons (Fsp3) is 0.259. The van der Waals surface area contributed by atoms with E-state index in [4.69, 9.17) is 0 Å². The van der Waals surface area contributed by atoms with Crippen LogP contribution in [0.4, 0.5) is 11.4 Å². The van der Waals surface area contributed by atoms with Crippen molar-refractivity contribution >= 4 is 11.4 Å². The van der Waals surface area contributed by atoms with Gasteiger partial charge in [0, 0.05) is 17.5 Å². The molecule has 4 aromatic rings. The summed E-state index contributed by atoms with van der Waals surface area (Å²) in [5.41, 5.74) is 18.3. The van der Waals surface area contributed by atoms with Crippen LogP contribution in [0.3, 0.4) is 0 Å². The van der Waals surface area contributed by atoms with E-state index in [-0.39, 0.29) is 0 Å². The molecule has 1 aliphatic heterocycles. The normalized spacial score (nSPS) is 15.5. The highest BCUT2D eigenvalue weighted by atomic mass is 15.1. The van der Waals surface area contributed by atoms with Gasteiger partial charge in [-0.1, -0.05) is 171 Å². The van der Waals surface area contributed by atoms with E-state index in [1.165, 1.54) is 78.2 Å². The molecular formula is C54H61N. The quantitative estimate of drug-likeness (QED) is 0.117. The second-order valence-electron chi connectivity index (χ2n) is 15.1. The Balaban J connectivity index is 1.37. The first-order valence-electron chi connectivity index (χ1n) is 20.3. The number of hydrogen-bond acceptors (Lipinski definition) is 1. The van der Waals surface area contributed by atoms with Crippen LogP contribution in [0.5, 0.6) is 0 Å². The highest BCUT2D eigenvalue weighted by Gasteiger charge is 2.19. The lowest BCUT2D eigenvalue weighted by Gasteiger charge is -2.28. The molecule has 0 N–H and O–H groups in total. The molecule has 0 bridgehead atoms. The molecule has 0 spiro atoms. The van der Waals surface area contributed by atoms with Gasteiger partial charge < -0.3 is 4.90 Å². The minimum atomic E-state index is 0.367. The first kappa shape index (κ1) is 40.8. The van der Waals surface area contributed by atoms with Crippen molar-refractivity contribution in [2.45, 2.75) is 93.4 Å². The molecule has 55 heavy (non-hydrogen) atoms. The molecule has 0 amide bonds. The van der Waals surface area contributed by atoms with E-state index in [2.05, 4.69) is 218 Å². The van der Waals surface area contributed by atoms with Crippen LogP contribution in [0.1, 0.15) is 98.1 Å². The summed E-state index contributed by atoms with van der Waals surface area (Å²) in [5.74, 6) is 0.367. The molecule has 1 heterocycles. The lowest BCUT2D eigenvalue weighted by atomic mass is 9.90. The van der Waals surface area contributed by atoms with E-state index < -0.39 is 0 Å². The molecule has 0 radical (unpaired) electrons. The summed E-state index contributed by atoms with van der Waals surface area (Å²) in [7, 11) is 0. The Hall–Kier alpha value is -5.40. The van der Waals surface area contributed by atoms with Crippen LogP contribution in [-0.2, 0) is 6.42 Å². The fourth-order valence-electron chi connectivity index (χ4n) is 7.03. The van der Waals surface area contributed by atoms with Gasteiger partial charge in [0.1, 0.15) is 0 Å². The van der Waals surface area contributed by atoms with Crippen molar-refractivity contribution in [2.75, 3.05) is 4.90 Å². The van der Waals surface area contributed by atoms with Crippen molar-refractivity contribution in [3.8, 4) is 22.3 Å². The lowest BCUT2D eigenvalue weighted by Crippen LogP contribution is -2.14. The molecule has 0 aromatic heterocycles. The van der Waals surface area contributed by atoms with E-state index >= 15 is 0 Å². The van der Waals surface area contributed by atoms with Crippen molar-refractivity contribution in [3.05, 3.63) is 203 Å². The van der Waals surface area contributed by atoms with E-state index in [0.717, 1.165) is 32.1 Å². The number of hydrogen-bond donors (Lipinski definition) is 0. The maximum atomic E-state index is 2.40. The summed E-state index contributed by atoms with van der Waals surface area (Å²) in [5, 5.41) is 0. The summed E-state index contributed by atoms with van der Waals surface area (Å²) in [6, 6.07) is 36.0. The number of benzene rings is 4. The zero-order valence-corrected chi connectivity index (χ0v) is 34.6. The maximum Gasteiger partial charge on any atom is 0.0533 e. The van der Waals surface area contributed by atoms with Crippen LogP contribution in [0.15, 0.2) is 191 Å². The summed E-state index contributed by atoms with van der Waals surface area (Å²) in [6.07, 6.45) is 27.4. The van der Waals surface area contributed by atoms with E-state index in [1.807, 2.05) is 0 Å². The zero-order chi connectivity index (χ0) is 39.2. The standard InChI is InChI=1S/C54H61N/c1-9-12-14-22-45(38-49(23-13-10-2)42(7)21-19-20-41(6)40(4)5)36-43(8)46-28-30-47(31-29-46)48-32-34-51(35-33-48)55-39-44(11-3)37-50-24-15-16-25-52(50)53-26-17-18-27-54(53)55/h9,12-20,22-35,38-39,43H,10-11,21,36-37H2,1-8H3/b12-9-,20-19-,22-14-,23-13-,44-39-,45-38-,49-42-. The topological polar surface area (TPSA) is 3.24 Å². The molecule has 0 saturated carbocycles. The summed E-state index contributed by atoms with van der Waals surface area (Å²) in [4.78, 5) is 2.39. The van der Waals surface area contributed by atoms with Crippen LogP contribution >= 0.6 is 0 Å². The van der Waals surface area contributed by atoms with Crippen molar-refractivity contribution in [2.24, 2.45) is 0 Å². The zero-order valence-electron chi connectivity index (χ0n) is 34.6. The fourth-order valence-corrected chi connectivity index (χ4v) is 7.03. The molecule has 282 valence electrons. The number of para-hydroxylation sites is 1. The second kappa shape index (κ2) is 20.3. The first-order chi connectivity index (χ1) is 26.7. The third-order valence-electron chi connectivity index (χ3n) is 10.7.